The number of fused-ring (bicyclic) bond motifs is 1. The Kier molecular flexibility index (Phi) is 9.64. The zero-order valence-electron chi connectivity index (χ0n) is 24.0. The smallest absolute Gasteiger partial charge is 0.303 e. The lowest BCUT2D eigenvalue weighted by Gasteiger charge is -2.49. The number of alkyl halides is 2. The van der Waals surface area contributed by atoms with Crippen molar-refractivity contribution in [2.45, 2.75) is 70.2 Å². The molecule has 0 amide bonds. The summed E-state index contributed by atoms with van der Waals surface area (Å²) in [5, 5.41) is 12.7. The van der Waals surface area contributed by atoms with E-state index in [1.54, 1.807) is 0 Å². The molecule has 0 saturated carbocycles. The lowest BCUT2D eigenvalue weighted by molar-refractivity contribution is -0.278. The van der Waals surface area contributed by atoms with Crippen LogP contribution in [0.25, 0.3) is 10.9 Å². The fraction of sp³-hybridized carbons (Fsp3) is 0.400. The largest absolute Gasteiger partial charge is 0.463 e. The average molecular weight is 622 g/mol. The van der Waals surface area contributed by atoms with Gasteiger partial charge in [-0.05, 0) is 17.7 Å². The summed E-state index contributed by atoms with van der Waals surface area (Å²) in [5.74, 6) is -4.22. The quantitative estimate of drug-likeness (QED) is 0.268. The number of rotatable bonds is 9. The van der Waals surface area contributed by atoms with Gasteiger partial charge >= 0.3 is 23.9 Å². The van der Waals surface area contributed by atoms with E-state index in [4.69, 9.17) is 23.7 Å². The predicted octanol–water partition coefficient (Wildman–Crippen LogP) is 3.61. The van der Waals surface area contributed by atoms with Crippen molar-refractivity contribution in [2.75, 3.05) is 6.61 Å². The summed E-state index contributed by atoms with van der Waals surface area (Å²) in [6.07, 6.45) is -9.75. The Morgan fingerprint density at radius 2 is 1.48 bits per heavy atom. The highest BCUT2D eigenvalue weighted by Crippen LogP contribution is 2.45. The lowest BCUT2D eigenvalue weighted by Crippen LogP contribution is -2.67. The maximum absolute atomic E-state index is 15.4. The molecule has 3 aromatic rings. The Morgan fingerprint density at radius 3 is 2.05 bits per heavy atom. The number of esters is 4. The number of nitrogens with one attached hydrogen (secondary N) is 1. The molecule has 2 N–H and O–H groups in total. The van der Waals surface area contributed by atoms with Crippen LogP contribution in [0.2, 0.25) is 0 Å². The number of H-pyrrole nitrogens is 1. The minimum Gasteiger partial charge on any atom is -0.463 e. The second-order valence-corrected chi connectivity index (χ2v) is 10.2. The topological polar surface area (TPSA) is 150 Å². The lowest BCUT2D eigenvalue weighted by atomic mass is 9.75. The second kappa shape index (κ2) is 13.1. The molecule has 1 fully saturated rings. The van der Waals surface area contributed by atoms with E-state index in [-0.39, 0.29) is 27.6 Å². The molecular formula is C30H30F3NO10. The second-order valence-electron chi connectivity index (χ2n) is 10.2. The van der Waals surface area contributed by atoms with E-state index < -0.39 is 78.8 Å². The number of benzene rings is 2. The summed E-state index contributed by atoms with van der Waals surface area (Å²) in [6, 6.07) is 8.49. The minimum absolute atomic E-state index is 0.105. The van der Waals surface area contributed by atoms with Gasteiger partial charge in [-0.1, -0.05) is 30.3 Å². The number of halogens is 3. The van der Waals surface area contributed by atoms with Crippen molar-refractivity contribution in [3.63, 3.8) is 0 Å². The van der Waals surface area contributed by atoms with Crippen molar-refractivity contribution in [3.05, 3.63) is 71.2 Å². The van der Waals surface area contributed by atoms with E-state index in [2.05, 4.69) is 4.98 Å². The average Bonchev–Trinajstić information content (AvgIpc) is 3.39. The highest BCUT2D eigenvalue weighted by Gasteiger charge is 2.60. The normalized spacial score (nSPS) is 23.1. The third-order valence-corrected chi connectivity index (χ3v) is 7.07. The van der Waals surface area contributed by atoms with Gasteiger partial charge in [0.25, 0.3) is 6.43 Å². The molecule has 0 aliphatic carbocycles. The number of aromatic nitrogens is 1. The first-order chi connectivity index (χ1) is 20.7. The summed E-state index contributed by atoms with van der Waals surface area (Å²) in [5.41, 5.74) is -2.94. The fourth-order valence-corrected chi connectivity index (χ4v) is 5.36. The molecule has 11 nitrogen and oxygen atoms in total. The predicted molar refractivity (Wildman–Crippen MR) is 145 cm³/mol. The first-order valence-corrected chi connectivity index (χ1v) is 13.4. The number of hydrogen-bond donors (Lipinski definition) is 2. The van der Waals surface area contributed by atoms with Gasteiger partial charge in [0.15, 0.2) is 18.3 Å². The van der Waals surface area contributed by atoms with Crippen LogP contribution in [0.4, 0.5) is 13.2 Å². The monoisotopic (exact) mass is 621 g/mol. The molecule has 0 radical (unpaired) electrons. The van der Waals surface area contributed by atoms with Gasteiger partial charge in [0.2, 0.25) is 0 Å². The Balaban J connectivity index is 2.02. The van der Waals surface area contributed by atoms with E-state index >= 15 is 4.39 Å². The molecule has 1 aliphatic rings. The molecule has 0 spiro atoms. The Bertz CT molecular complexity index is 1540. The molecule has 2 aromatic carbocycles. The molecule has 6 atom stereocenters. The molecule has 4 rings (SSSR count). The maximum atomic E-state index is 15.4. The van der Waals surface area contributed by atoms with Gasteiger partial charge in [0, 0.05) is 55.9 Å². The van der Waals surface area contributed by atoms with E-state index in [1.807, 2.05) is 0 Å². The van der Waals surface area contributed by atoms with Gasteiger partial charge in [-0.3, -0.25) is 19.2 Å². The number of ether oxygens (including phenoxy) is 5. The molecule has 2 heterocycles. The first-order valence-electron chi connectivity index (χ1n) is 13.4. The van der Waals surface area contributed by atoms with Crippen LogP contribution in [0.15, 0.2) is 48.7 Å². The van der Waals surface area contributed by atoms with Crippen LogP contribution in [0.5, 0.6) is 0 Å². The Labute approximate surface area is 249 Å². The van der Waals surface area contributed by atoms with Crippen LogP contribution in [0, 0.1) is 5.82 Å². The zero-order chi connectivity index (χ0) is 32.3. The minimum atomic E-state index is -2.85. The van der Waals surface area contributed by atoms with Crippen molar-refractivity contribution in [3.8, 4) is 0 Å². The molecule has 236 valence electrons. The summed E-state index contributed by atoms with van der Waals surface area (Å²) < 4.78 is 70.1. The van der Waals surface area contributed by atoms with E-state index in [0.29, 0.717) is 0 Å². The molecule has 1 aromatic heterocycles. The number of aliphatic hydroxyl groups is 1. The Hall–Kier alpha value is -4.43. The standard InChI is InChI=1S/C30H30F3NO10/c1-14(35)40-13-23-25(41-15(2)36)26(42-16(3)37)27(43-17(4)38)28(44-23)30(39,19-10-8-18(9-11-19)29(32)33)20-12-34-22-7-5-6-21(31)24(20)22/h5-12,23,25-29,34,39H,13H2,1-4H3/t23-,25-,26+,27-,28-,30?/m1/s1. The Morgan fingerprint density at radius 1 is 0.886 bits per heavy atom. The van der Waals surface area contributed by atoms with Crippen LogP contribution in [-0.4, -0.2) is 71.1 Å². The third kappa shape index (κ3) is 6.55. The number of carbonyl (C=O) groups is 4. The molecular weight excluding hydrogens is 591 g/mol. The zero-order valence-corrected chi connectivity index (χ0v) is 24.0. The van der Waals surface area contributed by atoms with E-state index in [9.17, 15) is 33.1 Å². The van der Waals surface area contributed by atoms with Gasteiger partial charge in [-0.2, -0.15) is 0 Å². The molecule has 1 aliphatic heterocycles. The van der Waals surface area contributed by atoms with Crippen molar-refractivity contribution in [1.29, 1.82) is 0 Å². The van der Waals surface area contributed by atoms with Crippen molar-refractivity contribution < 1.29 is 61.1 Å². The van der Waals surface area contributed by atoms with Gasteiger partial charge in [-0.25, -0.2) is 13.2 Å². The van der Waals surface area contributed by atoms with Crippen LogP contribution in [-0.2, 0) is 48.5 Å². The molecule has 0 bridgehead atoms. The van der Waals surface area contributed by atoms with Crippen molar-refractivity contribution in [1.82, 2.24) is 4.98 Å². The van der Waals surface area contributed by atoms with E-state index in [0.717, 1.165) is 58.0 Å². The summed E-state index contributed by atoms with van der Waals surface area (Å²) in [4.78, 5) is 51.4. The third-order valence-electron chi connectivity index (χ3n) is 7.07. The van der Waals surface area contributed by atoms with Gasteiger partial charge in [0.1, 0.15) is 30.2 Å². The first kappa shape index (κ1) is 32.5. The molecule has 1 saturated heterocycles. The number of carbonyl (C=O) groups excluding carboxylic acids is 4. The maximum Gasteiger partial charge on any atom is 0.303 e. The highest BCUT2D eigenvalue weighted by atomic mass is 19.3. The molecule has 14 heteroatoms. The number of aromatic amines is 1. The summed E-state index contributed by atoms with van der Waals surface area (Å²) in [7, 11) is 0. The SMILES string of the molecule is CC(=O)OC[C@H]1O[C@@H](C(O)(c2ccc(C(F)F)cc2)c2c[nH]c3cccc(F)c23)[C@H](OC(C)=O)[C@@H](OC(C)=O)[C@@H]1OC(C)=O. The van der Waals surface area contributed by atoms with Crippen molar-refractivity contribution in [2.24, 2.45) is 0 Å². The fourth-order valence-electron chi connectivity index (χ4n) is 5.36. The molecule has 1 unspecified atom stereocenters. The van der Waals surface area contributed by atoms with Crippen LogP contribution in [0.3, 0.4) is 0 Å². The summed E-state index contributed by atoms with van der Waals surface area (Å²) in [6.45, 7) is 3.62. The van der Waals surface area contributed by atoms with Gasteiger partial charge in [0.05, 0.1) is 0 Å². The van der Waals surface area contributed by atoms with Crippen LogP contribution in [0.1, 0.15) is 50.8 Å². The molecule has 44 heavy (non-hydrogen) atoms. The number of hydrogen-bond acceptors (Lipinski definition) is 10. The van der Waals surface area contributed by atoms with Crippen LogP contribution < -0.4 is 0 Å². The van der Waals surface area contributed by atoms with Crippen LogP contribution >= 0.6 is 0 Å². The highest BCUT2D eigenvalue weighted by molar-refractivity contribution is 5.85. The van der Waals surface area contributed by atoms with E-state index in [1.165, 1.54) is 18.3 Å². The van der Waals surface area contributed by atoms with Gasteiger partial charge in [-0.15, -0.1) is 0 Å². The van der Waals surface area contributed by atoms with Gasteiger partial charge < -0.3 is 33.8 Å². The summed E-state index contributed by atoms with van der Waals surface area (Å²) >= 11 is 0. The van der Waals surface area contributed by atoms with Crippen molar-refractivity contribution >= 4 is 34.8 Å².